The molecule has 1 heterocycles. The van der Waals surface area contributed by atoms with Gasteiger partial charge in [-0.25, -0.2) is 0 Å². The molecule has 0 aliphatic carbocycles. The highest BCUT2D eigenvalue weighted by molar-refractivity contribution is 5.95. The predicted molar refractivity (Wildman–Crippen MR) is 41.2 cm³/mol. The zero-order valence-corrected chi connectivity index (χ0v) is 6.87. The van der Waals surface area contributed by atoms with Gasteiger partial charge in [-0.2, -0.15) is 0 Å². The van der Waals surface area contributed by atoms with Crippen LogP contribution in [0.15, 0.2) is 23.2 Å². The van der Waals surface area contributed by atoms with Gasteiger partial charge >= 0.3 is 0 Å². The lowest BCUT2D eigenvalue weighted by atomic mass is 10.1. The maximum Gasteiger partial charge on any atom is 0.230 e. The molecular formula is C8H10O4. The smallest absolute Gasteiger partial charge is 0.230 e. The van der Waals surface area contributed by atoms with Crippen molar-refractivity contribution in [2.24, 2.45) is 0 Å². The van der Waals surface area contributed by atoms with E-state index in [2.05, 4.69) is 0 Å². The van der Waals surface area contributed by atoms with Crippen molar-refractivity contribution in [3.05, 3.63) is 23.2 Å². The second kappa shape index (κ2) is 2.98. The minimum Gasteiger partial charge on any atom is -0.507 e. The Kier molecular flexibility index (Phi) is 2.19. The number of rotatable bonds is 1. The van der Waals surface area contributed by atoms with Crippen LogP contribution < -0.4 is 0 Å². The fourth-order valence-electron chi connectivity index (χ4n) is 1.02. The SMILES string of the molecule is CC(=O)C1=C(O)C=C(C)OC1O. The molecule has 66 valence electrons. The van der Waals surface area contributed by atoms with Crippen LogP contribution in [0.3, 0.4) is 0 Å². The van der Waals surface area contributed by atoms with Gasteiger partial charge in [0, 0.05) is 6.08 Å². The summed E-state index contributed by atoms with van der Waals surface area (Å²) in [5.41, 5.74) is -0.0967. The number of Topliss-reactive ketones (excluding diaryl/α,β-unsaturated/α-hetero) is 1. The van der Waals surface area contributed by atoms with E-state index in [9.17, 15) is 15.0 Å². The number of allylic oxidation sites excluding steroid dienone is 2. The molecule has 0 bridgehead atoms. The summed E-state index contributed by atoms with van der Waals surface area (Å²) in [6.07, 6.45) is -0.0452. The van der Waals surface area contributed by atoms with Crippen LogP contribution in [0.2, 0.25) is 0 Å². The van der Waals surface area contributed by atoms with Crippen LogP contribution in [-0.2, 0) is 9.53 Å². The highest BCUT2D eigenvalue weighted by Crippen LogP contribution is 2.20. The van der Waals surface area contributed by atoms with Crippen molar-refractivity contribution in [1.82, 2.24) is 0 Å². The Bertz CT molecular complexity index is 275. The van der Waals surface area contributed by atoms with E-state index >= 15 is 0 Å². The first kappa shape index (κ1) is 8.80. The van der Waals surface area contributed by atoms with E-state index in [1.54, 1.807) is 6.92 Å². The van der Waals surface area contributed by atoms with Gasteiger partial charge in [-0.15, -0.1) is 0 Å². The van der Waals surface area contributed by atoms with E-state index in [1.165, 1.54) is 13.0 Å². The molecule has 0 aromatic rings. The summed E-state index contributed by atoms with van der Waals surface area (Å²) in [5.74, 6) is -0.243. The van der Waals surface area contributed by atoms with Crippen LogP contribution in [0.4, 0.5) is 0 Å². The monoisotopic (exact) mass is 170 g/mol. The van der Waals surface area contributed by atoms with Crippen molar-refractivity contribution in [3.63, 3.8) is 0 Å². The third kappa shape index (κ3) is 1.48. The summed E-state index contributed by atoms with van der Waals surface area (Å²) in [6, 6.07) is 0. The van der Waals surface area contributed by atoms with E-state index in [1.807, 2.05) is 0 Å². The number of aliphatic hydroxyl groups is 2. The Balaban J connectivity index is 3.08. The average molecular weight is 170 g/mol. The summed E-state index contributed by atoms with van der Waals surface area (Å²) in [4.78, 5) is 10.8. The van der Waals surface area contributed by atoms with E-state index in [-0.39, 0.29) is 11.3 Å². The number of aliphatic hydroxyl groups excluding tert-OH is 2. The Morgan fingerprint density at radius 3 is 2.67 bits per heavy atom. The molecule has 0 aromatic heterocycles. The number of ether oxygens (including phenoxy) is 1. The number of ketones is 1. The summed E-state index contributed by atoms with van der Waals surface area (Å²) >= 11 is 0. The summed E-state index contributed by atoms with van der Waals surface area (Å²) in [5, 5.41) is 18.4. The largest absolute Gasteiger partial charge is 0.507 e. The van der Waals surface area contributed by atoms with Crippen LogP contribution in [0.1, 0.15) is 13.8 Å². The zero-order chi connectivity index (χ0) is 9.30. The molecule has 0 saturated carbocycles. The zero-order valence-electron chi connectivity index (χ0n) is 6.87. The lowest BCUT2D eigenvalue weighted by Gasteiger charge is -2.20. The number of carbonyl (C=O) groups excluding carboxylic acids is 1. The Labute approximate surface area is 69.8 Å². The van der Waals surface area contributed by atoms with Crippen molar-refractivity contribution in [2.45, 2.75) is 20.1 Å². The van der Waals surface area contributed by atoms with Crippen LogP contribution in [0.5, 0.6) is 0 Å². The molecule has 0 radical (unpaired) electrons. The van der Waals surface area contributed by atoms with Gasteiger partial charge < -0.3 is 14.9 Å². The third-order valence-corrected chi connectivity index (χ3v) is 1.54. The molecule has 4 nitrogen and oxygen atoms in total. The first-order valence-corrected chi connectivity index (χ1v) is 3.49. The summed E-state index contributed by atoms with van der Waals surface area (Å²) < 4.78 is 4.81. The van der Waals surface area contributed by atoms with Gasteiger partial charge in [0.1, 0.15) is 17.1 Å². The highest BCUT2D eigenvalue weighted by Gasteiger charge is 2.24. The van der Waals surface area contributed by atoms with Crippen molar-refractivity contribution in [2.75, 3.05) is 0 Å². The molecule has 12 heavy (non-hydrogen) atoms. The molecule has 0 aromatic carbocycles. The second-order valence-electron chi connectivity index (χ2n) is 2.58. The standard InChI is InChI=1S/C8H10O4/c1-4-3-6(10)7(5(2)9)8(11)12-4/h3,8,10-11H,1-2H3. The minimum atomic E-state index is -1.34. The number of hydrogen-bond donors (Lipinski definition) is 2. The van der Waals surface area contributed by atoms with Crippen molar-refractivity contribution in [3.8, 4) is 0 Å². The van der Waals surface area contributed by atoms with Crippen LogP contribution >= 0.6 is 0 Å². The van der Waals surface area contributed by atoms with Crippen molar-refractivity contribution < 1.29 is 19.7 Å². The molecule has 1 atom stereocenters. The van der Waals surface area contributed by atoms with Crippen molar-refractivity contribution in [1.29, 1.82) is 0 Å². The van der Waals surface area contributed by atoms with Crippen LogP contribution in [0, 0.1) is 0 Å². The number of hydrogen-bond acceptors (Lipinski definition) is 4. The molecule has 4 heteroatoms. The van der Waals surface area contributed by atoms with E-state index in [0.29, 0.717) is 5.76 Å². The first-order valence-electron chi connectivity index (χ1n) is 3.49. The van der Waals surface area contributed by atoms with Gasteiger partial charge in [0.2, 0.25) is 6.29 Å². The fraction of sp³-hybridized carbons (Fsp3) is 0.375. The Hall–Kier alpha value is -1.29. The Morgan fingerprint density at radius 1 is 1.67 bits per heavy atom. The molecule has 0 amide bonds. The molecule has 1 aliphatic heterocycles. The van der Waals surface area contributed by atoms with E-state index in [4.69, 9.17) is 4.74 Å². The normalized spacial score (nSPS) is 23.2. The van der Waals surface area contributed by atoms with Gasteiger partial charge in [-0.1, -0.05) is 0 Å². The molecule has 2 N–H and O–H groups in total. The van der Waals surface area contributed by atoms with Gasteiger partial charge in [-0.3, -0.25) is 4.79 Å². The van der Waals surface area contributed by atoms with Gasteiger partial charge in [0.15, 0.2) is 5.78 Å². The number of carbonyl (C=O) groups is 1. The van der Waals surface area contributed by atoms with Gasteiger partial charge in [0.25, 0.3) is 0 Å². The van der Waals surface area contributed by atoms with E-state index in [0.717, 1.165) is 0 Å². The molecule has 0 saturated heterocycles. The molecule has 1 rings (SSSR count). The lowest BCUT2D eigenvalue weighted by molar-refractivity contribution is -0.119. The fourth-order valence-corrected chi connectivity index (χ4v) is 1.02. The first-order chi connectivity index (χ1) is 5.52. The van der Waals surface area contributed by atoms with Crippen molar-refractivity contribution >= 4 is 5.78 Å². The molecule has 0 spiro atoms. The molecule has 1 unspecified atom stereocenters. The summed E-state index contributed by atoms with van der Waals surface area (Å²) in [7, 11) is 0. The highest BCUT2D eigenvalue weighted by atomic mass is 16.6. The summed E-state index contributed by atoms with van der Waals surface area (Å²) in [6.45, 7) is 2.84. The predicted octanol–water partition coefficient (Wildman–Crippen LogP) is 0.640. The minimum absolute atomic E-state index is 0.0967. The maximum absolute atomic E-state index is 10.8. The average Bonchev–Trinajstić information content (AvgIpc) is 1.82. The maximum atomic E-state index is 10.8. The molecule has 0 fully saturated rings. The molecule has 1 aliphatic rings. The van der Waals surface area contributed by atoms with E-state index < -0.39 is 12.1 Å². The quantitative estimate of drug-likeness (QED) is 0.606. The second-order valence-corrected chi connectivity index (χ2v) is 2.58. The van der Waals surface area contributed by atoms with Gasteiger partial charge in [-0.05, 0) is 13.8 Å². The molecular weight excluding hydrogens is 160 g/mol. The lowest BCUT2D eigenvalue weighted by Crippen LogP contribution is -2.23. The van der Waals surface area contributed by atoms with Gasteiger partial charge in [0.05, 0.1) is 0 Å². The third-order valence-electron chi connectivity index (χ3n) is 1.54. The Morgan fingerprint density at radius 2 is 2.25 bits per heavy atom. The topological polar surface area (TPSA) is 66.8 Å². The van der Waals surface area contributed by atoms with Crippen LogP contribution in [0.25, 0.3) is 0 Å². The van der Waals surface area contributed by atoms with Crippen LogP contribution in [-0.4, -0.2) is 22.3 Å².